The third kappa shape index (κ3) is 2.93. The number of hydrogen-bond acceptors (Lipinski definition) is 2. The molecule has 0 aliphatic carbocycles. The van der Waals surface area contributed by atoms with E-state index in [4.69, 9.17) is 4.74 Å². The molecule has 0 bridgehead atoms. The zero-order valence-electron chi connectivity index (χ0n) is 11.3. The standard InChI is InChI=1S/C16H17FO2/c1-10-7-8-15(11(2)9-10)19-16-13(12(3)18)5-4-6-14(16)17/h4-9,12,18H,1-3H3. The molecule has 0 fully saturated rings. The van der Waals surface area contributed by atoms with Crippen LogP contribution in [0.1, 0.15) is 29.7 Å². The number of aryl methyl sites for hydroxylation is 2. The van der Waals surface area contributed by atoms with Gasteiger partial charge in [0.05, 0.1) is 6.10 Å². The van der Waals surface area contributed by atoms with Gasteiger partial charge in [0.15, 0.2) is 11.6 Å². The number of rotatable bonds is 3. The first-order valence-electron chi connectivity index (χ1n) is 6.20. The maximum absolute atomic E-state index is 13.9. The average Bonchev–Trinajstić information content (AvgIpc) is 2.34. The summed E-state index contributed by atoms with van der Waals surface area (Å²) < 4.78 is 19.5. The molecule has 19 heavy (non-hydrogen) atoms. The molecule has 2 aromatic carbocycles. The van der Waals surface area contributed by atoms with Crippen LogP contribution < -0.4 is 4.74 Å². The van der Waals surface area contributed by atoms with Crippen LogP contribution in [0.4, 0.5) is 4.39 Å². The number of aliphatic hydroxyl groups is 1. The predicted molar refractivity (Wildman–Crippen MR) is 73.0 cm³/mol. The van der Waals surface area contributed by atoms with Crippen LogP contribution in [0.3, 0.4) is 0 Å². The van der Waals surface area contributed by atoms with E-state index in [1.54, 1.807) is 19.1 Å². The normalized spacial score (nSPS) is 12.3. The van der Waals surface area contributed by atoms with Gasteiger partial charge in [-0.2, -0.15) is 0 Å². The SMILES string of the molecule is Cc1ccc(Oc2c(F)cccc2C(C)O)c(C)c1. The Balaban J connectivity index is 2.43. The van der Waals surface area contributed by atoms with Crippen molar-refractivity contribution in [2.75, 3.05) is 0 Å². The molecule has 0 aromatic heterocycles. The molecular formula is C16H17FO2. The predicted octanol–water partition coefficient (Wildman–Crippen LogP) is 4.29. The van der Waals surface area contributed by atoms with Crippen LogP contribution in [-0.4, -0.2) is 5.11 Å². The lowest BCUT2D eigenvalue weighted by atomic mass is 10.1. The maximum atomic E-state index is 13.9. The molecule has 0 radical (unpaired) electrons. The third-order valence-corrected chi connectivity index (χ3v) is 2.99. The van der Waals surface area contributed by atoms with Crippen LogP contribution in [-0.2, 0) is 0 Å². The molecule has 0 saturated heterocycles. The van der Waals surface area contributed by atoms with Crippen molar-refractivity contribution in [1.29, 1.82) is 0 Å². The van der Waals surface area contributed by atoms with Crippen molar-refractivity contribution in [1.82, 2.24) is 0 Å². The number of aliphatic hydroxyl groups excluding tert-OH is 1. The van der Waals surface area contributed by atoms with Crippen molar-refractivity contribution in [2.24, 2.45) is 0 Å². The van der Waals surface area contributed by atoms with Gasteiger partial charge in [-0.15, -0.1) is 0 Å². The smallest absolute Gasteiger partial charge is 0.168 e. The zero-order chi connectivity index (χ0) is 14.0. The van der Waals surface area contributed by atoms with Crippen LogP contribution in [0.25, 0.3) is 0 Å². The zero-order valence-corrected chi connectivity index (χ0v) is 11.3. The van der Waals surface area contributed by atoms with Crippen LogP contribution in [0.2, 0.25) is 0 Å². The molecule has 1 atom stereocenters. The minimum absolute atomic E-state index is 0.0875. The molecule has 0 saturated carbocycles. The van der Waals surface area contributed by atoms with E-state index in [9.17, 15) is 9.50 Å². The molecule has 2 rings (SSSR count). The molecule has 3 heteroatoms. The number of benzene rings is 2. The minimum Gasteiger partial charge on any atom is -0.454 e. The summed E-state index contributed by atoms with van der Waals surface area (Å²) in [6, 6.07) is 10.2. The van der Waals surface area contributed by atoms with E-state index in [1.807, 2.05) is 32.0 Å². The fraction of sp³-hybridized carbons (Fsp3) is 0.250. The second kappa shape index (κ2) is 5.41. The Labute approximate surface area is 112 Å². The summed E-state index contributed by atoms with van der Waals surface area (Å²) in [6.45, 7) is 5.48. The second-order valence-electron chi connectivity index (χ2n) is 4.71. The van der Waals surface area contributed by atoms with Gasteiger partial charge in [-0.3, -0.25) is 0 Å². The molecule has 0 spiro atoms. The number of para-hydroxylation sites is 1. The number of hydrogen-bond donors (Lipinski definition) is 1. The molecule has 2 aromatic rings. The van der Waals surface area contributed by atoms with E-state index in [-0.39, 0.29) is 5.75 Å². The van der Waals surface area contributed by atoms with Crippen LogP contribution in [0, 0.1) is 19.7 Å². The number of halogens is 1. The first-order valence-corrected chi connectivity index (χ1v) is 6.20. The summed E-state index contributed by atoms with van der Waals surface area (Å²) in [4.78, 5) is 0. The van der Waals surface area contributed by atoms with Crippen LogP contribution in [0.5, 0.6) is 11.5 Å². The Morgan fingerprint density at radius 2 is 1.89 bits per heavy atom. The van der Waals surface area contributed by atoms with Crippen molar-refractivity contribution in [3.8, 4) is 11.5 Å². The van der Waals surface area contributed by atoms with Gasteiger partial charge in [-0.25, -0.2) is 4.39 Å². The molecule has 1 unspecified atom stereocenters. The molecular weight excluding hydrogens is 243 g/mol. The fourth-order valence-corrected chi connectivity index (χ4v) is 1.99. The summed E-state index contributed by atoms with van der Waals surface area (Å²) in [6.07, 6.45) is -0.781. The summed E-state index contributed by atoms with van der Waals surface area (Å²) in [5.41, 5.74) is 2.49. The van der Waals surface area contributed by atoms with E-state index in [0.29, 0.717) is 11.3 Å². The summed E-state index contributed by atoms with van der Waals surface area (Å²) in [5.74, 6) is 0.209. The van der Waals surface area contributed by atoms with Gasteiger partial charge < -0.3 is 9.84 Å². The third-order valence-electron chi connectivity index (χ3n) is 2.99. The molecule has 0 amide bonds. The quantitative estimate of drug-likeness (QED) is 0.892. The number of ether oxygens (including phenoxy) is 1. The minimum atomic E-state index is -0.781. The summed E-state index contributed by atoms with van der Waals surface area (Å²) >= 11 is 0. The van der Waals surface area contributed by atoms with Gasteiger partial charge in [0.2, 0.25) is 0 Å². The molecule has 0 aliphatic heterocycles. The second-order valence-corrected chi connectivity index (χ2v) is 4.71. The monoisotopic (exact) mass is 260 g/mol. The molecule has 2 nitrogen and oxygen atoms in total. The fourth-order valence-electron chi connectivity index (χ4n) is 1.99. The van der Waals surface area contributed by atoms with Crippen molar-refractivity contribution >= 4 is 0 Å². The van der Waals surface area contributed by atoms with Gasteiger partial charge in [-0.05, 0) is 38.5 Å². The van der Waals surface area contributed by atoms with E-state index >= 15 is 0 Å². The average molecular weight is 260 g/mol. The highest BCUT2D eigenvalue weighted by Gasteiger charge is 2.15. The molecule has 100 valence electrons. The van der Waals surface area contributed by atoms with E-state index in [1.165, 1.54) is 6.07 Å². The van der Waals surface area contributed by atoms with Gasteiger partial charge in [-0.1, -0.05) is 29.8 Å². The highest BCUT2D eigenvalue weighted by molar-refractivity contribution is 5.43. The van der Waals surface area contributed by atoms with Crippen molar-refractivity contribution in [2.45, 2.75) is 26.9 Å². The first kappa shape index (κ1) is 13.6. The van der Waals surface area contributed by atoms with Crippen LogP contribution in [0.15, 0.2) is 36.4 Å². The van der Waals surface area contributed by atoms with Gasteiger partial charge >= 0.3 is 0 Å². The van der Waals surface area contributed by atoms with E-state index < -0.39 is 11.9 Å². The summed E-state index contributed by atoms with van der Waals surface area (Å²) in [5, 5.41) is 9.67. The lowest BCUT2D eigenvalue weighted by Gasteiger charge is -2.15. The molecule has 0 heterocycles. The molecule has 0 aliphatic rings. The van der Waals surface area contributed by atoms with Gasteiger partial charge in [0.25, 0.3) is 0 Å². The van der Waals surface area contributed by atoms with Crippen molar-refractivity contribution in [3.63, 3.8) is 0 Å². The lowest BCUT2D eigenvalue weighted by molar-refractivity contribution is 0.194. The Kier molecular flexibility index (Phi) is 3.86. The Morgan fingerprint density at radius 1 is 1.16 bits per heavy atom. The highest BCUT2D eigenvalue weighted by Crippen LogP contribution is 2.33. The first-order chi connectivity index (χ1) is 8.99. The van der Waals surface area contributed by atoms with Crippen molar-refractivity contribution < 1.29 is 14.2 Å². The van der Waals surface area contributed by atoms with E-state index in [0.717, 1.165) is 11.1 Å². The molecule has 1 N–H and O–H groups in total. The van der Waals surface area contributed by atoms with E-state index in [2.05, 4.69) is 0 Å². The Hall–Kier alpha value is -1.87. The lowest BCUT2D eigenvalue weighted by Crippen LogP contribution is -1.99. The largest absolute Gasteiger partial charge is 0.454 e. The topological polar surface area (TPSA) is 29.5 Å². The Morgan fingerprint density at radius 3 is 2.53 bits per heavy atom. The maximum Gasteiger partial charge on any atom is 0.168 e. The van der Waals surface area contributed by atoms with Gasteiger partial charge in [0, 0.05) is 5.56 Å². The Bertz CT molecular complexity index is 591. The van der Waals surface area contributed by atoms with Crippen LogP contribution >= 0.6 is 0 Å². The van der Waals surface area contributed by atoms with Crippen molar-refractivity contribution in [3.05, 3.63) is 58.9 Å². The summed E-state index contributed by atoms with van der Waals surface area (Å²) in [7, 11) is 0. The van der Waals surface area contributed by atoms with Gasteiger partial charge in [0.1, 0.15) is 5.75 Å². The highest BCUT2D eigenvalue weighted by atomic mass is 19.1.